The summed E-state index contributed by atoms with van der Waals surface area (Å²) in [7, 11) is 0. The highest BCUT2D eigenvalue weighted by atomic mass is 16.5. The molecule has 2 N–H and O–H groups in total. The highest BCUT2D eigenvalue weighted by Gasteiger charge is 2.30. The number of carbonyl (C=O) groups is 1. The number of fused-ring (bicyclic) bond motifs is 2. The largest absolute Gasteiger partial charge is 0.466 e. The van der Waals surface area contributed by atoms with Gasteiger partial charge in [-0.3, -0.25) is 0 Å². The van der Waals surface area contributed by atoms with E-state index in [4.69, 9.17) is 15.2 Å². The highest BCUT2D eigenvalue weighted by molar-refractivity contribution is 5.76. The Balaban J connectivity index is 1.65. The van der Waals surface area contributed by atoms with E-state index in [1.165, 1.54) is 4.90 Å². The van der Waals surface area contributed by atoms with Gasteiger partial charge in [-0.25, -0.2) is 9.69 Å². The molecule has 2 unspecified atom stereocenters. The Morgan fingerprint density at radius 2 is 1.33 bits per heavy atom. The SMILES string of the molecule is NC(=O)N(C1=CC=C2C=CC=CC2O1)C1=CC=C2C=CC=CC2O1. The molecule has 0 aromatic rings. The normalized spacial score (nSPS) is 26.0. The van der Waals surface area contributed by atoms with E-state index in [0.29, 0.717) is 11.8 Å². The number of allylic oxidation sites excluding steroid dienone is 8. The van der Waals surface area contributed by atoms with Crippen LogP contribution in [-0.2, 0) is 9.47 Å². The third kappa shape index (κ3) is 2.50. The molecule has 2 amide bonds. The second kappa shape index (κ2) is 5.77. The monoisotopic (exact) mass is 320 g/mol. The van der Waals surface area contributed by atoms with Gasteiger partial charge in [0.25, 0.3) is 0 Å². The van der Waals surface area contributed by atoms with Gasteiger partial charge in [0.1, 0.15) is 12.2 Å². The number of amides is 2. The van der Waals surface area contributed by atoms with Crippen LogP contribution in [0, 0.1) is 0 Å². The number of rotatable bonds is 2. The van der Waals surface area contributed by atoms with Crippen LogP contribution in [-0.4, -0.2) is 23.1 Å². The molecular formula is C19H16N2O3. The number of nitrogens with zero attached hydrogens (tertiary/aromatic N) is 1. The summed E-state index contributed by atoms with van der Waals surface area (Å²) in [6, 6.07) is -0.660. The van der Waals surface area contributed by atoms with Crippen molar-refractivity contribution in [1.82, 2.24) is 4.90 Å². The predicted molar refractivity (Wildman–Crippen MR) is 90.1 cm³/mol. The summed E-state index contributed by atoms with van der Waals surface area (Å²) in [6.45, 7) is 0. The maximum atomic E-state index is 12.0. The van der Waals surface area contributed by atoms with E-state index in [-0.39, 0.29) is 12.2 Å². The van der Waals surface area contributed by atoms with E-state index in [0.717, 1.165) is 11.1 Å². The molecule has 2 aliphatic carbocycles. The van der Waals surface area contributed by atoms with E-state index >= 15 is 0 Å². The molecule has 0 radical (unpaired) electrons. The summed E-state index contributed by atoms with van der Waals surface area (Å²) in [6.07, 6.45) is 22.3. The maximum Gasteiger partial charge on any atom is 0.328 e. The molecule has 0 saturated carbocycles. The van der Waals surface area contributed by atoms with Crippen LogP contribution in [0.25, 0.3) is 0 Å². The average Bonchev–Trinajstić information content (AvgIpc) is 2.61. The molecule has 2 heterocycles. The van der Waals surface area contributed by atoms with Crippen LogP contribution >= 0.6 is 0 Å². The molecule has 4 rings (SSSR count). The van der Waals surface area contributed by atoms with Crippen molar-refractivity contribution in [2.45, 2.75) is 12.2 Å². The van der Waals surface area contributed by atoms with Crippen LogP contribution in [0.2, 0.25) is 0 Å². The summed E-state index contributed by atoms with van der Waals surface area (Å²) in [5, 5.41) is 0. The Hall–Kier alpha value is -3.21. The van der Waals surface area contributed by atoms with Crippen LogP contribution < -0.4 is 5.73 Å². The van der Waals surface area contributed by atoms with Crippen molar-refractivity contribution in [1.29, 1.82) is 0 Å². The Morgan fingerprint density at radius 1 is 0.833 bits per heavy atom. The van der Waals surface area contributed by atoms with E-state index < -0.39 is 6.03 Å². The van der Waals surface area contributed by atoms with E-state index in [9.17, 15) is 4.79 Å². The Labute approximate surface area is 139 Å². The second-order valence-corrected chi connectivity index (χ2v) is 5.58. The molecular weight excluding hydrogens is 304 g/mol. The van der Waals surface area contributed by atoms with Crippen molar-refractivity contribution < 1.29 is 14.3 Å². The lowest BCUT2D eigenvalue weighted by molar-refractivity contribution is 0.0617. The Bertz CT molecular complexity index is 760. The van der Waals surface area contributed by atoms with E-state index in [1.807, 2.05) is 60.8 Å². The Morgan fingerprint density at radius 3 is 1.79 bits per heavy atom. The summed E-state index contributed by atoms with van der Waals surface area (Å²) in [5.74, 6) is 0.685. The van der Waals surface area contributed by atoms with Crippen LogP contribution in [0.3, 0.4) is 0 Å². The predicted octanol–water partition coefficient (Wildman–Crippen LogP) is 2.95. The van der Waals surface area contributed by atoms with Crippen molar-refractivity contribution in [2.24, 2.45) is 5.73 Å². The molecule has 0 aromatic heterocycles. The molecule has 0 fully saturated rings. The zero-order valence-electron chi connectivity index (χ0n) is 12.8. The lowest BCUT2D eigenvalue weighted by Crippen LogP contribution is -2.39. The summed E-state index contributed by atoms with van der Waals surface area (Å²) in [4.78, 5) is 13.3. The topological polar surface area (TPSA) is 64.8 Å². The van der Waals surface area contributed by atoms with Crippen molar-refractivity contribution in [3.63, 3.8) is 0 Å². The minimum absolute atomic E-state index is 0.232. The van der Waals surface area contributed by atoms with E-state index in [2.05, 4.69) is 0 Å². The minimum Gasteiger partial charge on any atom is -0.466 e. The molecule has 0 bridgehead atoms. The summed E-state index contributed by atoms with van der Waals surface area (Å²) in [5.41, 5.74) is 7.61. The fraction of sp³-hybridized carbons (Fsp3) is 0.105. The molecule has 24 heavy (non-hydrogen) atoms. The first-order valence-corrected chi connectivity index (χ1v) is 7.69. The molecule has 0 spiro atoms. The van der Waals surface area contributed by atoms with Crippen molar-refractivity contribution in [3.8, 4) is 0 Å². The molecule has 4 aliphatic rings. The number of hydrogen-bond donors (Lipinski definition) is 1. The van der Waals surface area contributed by atoms with Gasteiger partial charge in [0.05, 0.1) is 0 Å². The molecule has 0 aromatic carbocycles. The van der Waals surface area contributed by atoms with Gasteiger partial charge in [-0.15, -0.1) is 0 Å². The van der Waals surface area contributed by atoms with Crippen molar-refractivity contribution >= 4 is 6.03 Å². The van der Waals surface area contributed by atoms with Crippen LogP contribution in [0.1, 0.15) is 0 Å². The maximum absolute atomic E-state index is 12.0. The number of primary amides is 1. The van der Waals surface area contributed by atoms with E-state index in [1.54, 1.807) is 12.2 Å². The first-order chi connectivity index (χ1) is 11.7. The molecule has 5 heteroatoms. The van der Waals surface area contributed by atoms with Gasteiger partial charge in [0.15, 0.2) is 0 Å². The van der Waals surface area contributed by atoms with Crippen LogP contribution in [0.4, 0.5) is 4.79 Å². The van der Waals surface area contributed by atoms with Gasteiger partial charge in [0.2, 0.25) is 11.8 Å². The number of urea groups is 1. The highest BCUT2D eigenvalue weighted by Crippen LogP contribution is 2.30. The van der Waals surface area contributed by atoms with Gasteiger partial charge in [-0.2, -0.15) is 0 Å². The first-order valence-electron chi connectivity index (χ1n) is 7.69. The first kappa shape index (κ1) is 14.4. The number of carbonyl (C=O) groups excluding carboxylic acids is 1. The molecule has 120 valence electrons. The molecule has 2 aliphatic heterocycles. The minimum atomic E-state index is -0.660. The number of ether oxygens (including phenoxy) is 2. The van der Waals surface area contributed by atoms with Gasteiger partial charge in [-0.1, -0.05) is 36.5 Å². The lowest BCUT2D eigenvalue weighted by atomic mass is 10.0. The average molecular weight is 320 g/mol. The van der Waals surface area contributed by atoms with Gasteiger partial charge >= 0.3 is 6.03 Å². The summed E-state index contributed by atoms with van der Waals surface area (Å²) >= 11 is 0. The zero-order chi connectivity index (χ0) is 16.5. The molecule has 2 atom stereocenters. The van der Waals surface area contributed by atoms with Gasteiger partial charge in [0, 0.05) is 0 Å². The van der Waals surface area contributed by atoms with Gasteiger partial charge < -0.3 is 15.2 Å². The Kier molecular flexibility index (Phi) is 3.46. The fourth-order valence-corrected chi connectivity index (χ4v) is 2.84. The van der Waals surface area contributed by atoms with Crippen LogP contribution in [0.15, 0.2) is 95.8 Å². The standard InChI is InChI=1S/C19H16N2O3/c20-19(22)21(17-11-9-13-5-1-3-7-15(13)23-17)18-12-10-14-6-2-4-8-16(14)24-18/h1-12,15-16H,(H2,20,22). The third-order valence-corrected chi connectivity index (χ3v) is 4.02. The lowest BCUT2D eigenvalue weighted by Gasteiger charge is -2.33. The number of hydrogen-bond acceptors (Lipinski definition) is 3. The third-order valence-electron chi connectivity index (χ3n) is 4.02. The summed E-state index contributed by atoms with van der Waals surface area (Å²) < 4.78 is 11.8. The second-order valence-electron chi connectivity index (χ2n) is 5.58. The van der Waals surface area contributed by atoms with Crippen LogP contribution in [0.5, 0.6) is 0 Å². The molecule has 5 nitrogen and oxygen atoms in total. The molecule has 0 saturated heterocycles. The van der Waals surface area contributed by atoms with Crippen molar-refractivity contribution in [2.75, 3.05) is 0 Å². The quantitative estimate of drug-likeness (QED) is 0.851. The smallest absolute Gasteiger partial charge is 0.328 e. The fourth-order valence-electron chi connectivity index (χ4n) is 2.84. The van der Waals surface area contributed by atoms with Gasteiger partial charge in [-0.05, 0) is 47.6 Å². The van der Waals surface area contributed by atoms with Crippen molar-refractivity contribution in [3.05, 3.63) is 95.8 Å². The zero-order valence-corrected chi connectivity index (χ0v) is 12.8. The number of nitrogens with two attached hydrogens (primary N) is 1.